The summed E-state index contributed by atoms with van der Waals surface area (Å²) in [7, 11) is -0.0911. The van der Waals surface area contributed by atoms with Crippen molar-refractivity contribution in [3.05, 3.63) is 24.0 Å². The van der Waals surface area contributed by atoms with Crippen molar-refractivity contribution >= 4 is 21.9 Å². The zero-order valence-corrected chi connectivity index (χ0v) is 17.3. The molecule has 29 heavy (non-hydrogen) atoms. The normalized spacial score (nSPS) is 16.1. The maximum absolute atomic E-state index is 12.8. The van der Waals surface area contributed by atoms with Crippen molar-refractivity contribution in [1.82, 2.24) is 19.7 Å². The van der Waals surface area contributed by atoms with Crippen molar-refractivity contribution in [2.24, 2.45) is 0 Å². The molecule has 0 radical (unpaired) electrons. The Hall–Kier alpha value is -2.66. The van der Waals surface area contributed by atoms with Gasteiger partial charge >= 0.3 is 0 Å². The van der Waals surface area contributed by atoms with Crippen LogP contribution in [0.3, 0.4) is 0 Å². The minimum Gasteiger partial charge on any atom is -0.486 e. The molecule has 4 rings (SSSR count). The van der Waals surface area contributed by atoms with Crippen molar-refractivity contribution in [2.45, 2.75) is 24.3 Å². The van der Waals surface area contributed by atoms with Gasteiger partial charge in [-0.05, 0) is 25.0 Å². The molecule has 11 heteroatoms. The van der Waals surface area contributed by atoms with E-state index in [4.69, 9.17) is 9.47 Å². The van der Waals surface area contributed by atoms with Crippen LogP contribution in [-0.4, -0.2) is 63.8 Å². The molecule has 0 amide bonds. The molecule has 1 aromatic carbocycles. The van der Waals surface area contributed by atoms with Gasteiger partial charge in [-0.25, -0.2) is 13.1 Å². The predicted molar refractivity (Wildman–Crippen MR) is 107 cm³/mol. The van der Waals surface area contributed by atoms with E-state index in [1.54, 1.807) is 11.0 Å². The predicted octanol–water partition coefficient (Wildman–Crippen LogP) is 0.788. The lowest BCUT2D eigenvalue weighted by molar-refractivity contribution is 0.171. The van der Waals surface area contributed by atoms with Crippen LogP contribution in [0.4, 0.5) is 11.9 Å². The molecule has 0 aliphatic carbocycles. The number of anilines is 2. The molecule has 3 heterocycles. The van der Waals surface area contributed by atoms with E-state index in [1.165, 1.54) is 12.1 Å². The molecule has 0 bridgehead atoms. The topological polar surface area (TPSA) is 110 Å². The van der Waals surface area contributed by atoms with Gasteiger partial charge in [-0.2, -0.15) is 15.0 Å². The second-order valence-electron chi connectivity index (χ2n) is 7.07. The number of fused-ring (bicyclic) bond motifs is 1. The Morgan fingerprint density at radius 1 is 1.07 bits per heavy atom. The maximum atomic E-state index is 12.8. The van der Waals surface area contributed by atoms with E-state index in [9.17, 15) is 8.42 Å². The lowest BCUT2D eigenvalue weighted by Crippen LogP contribution is -2.28. The molecule has 0 spiro atoms. The Labute approximate surface area is 169 Å². The van der Waals surface area contributed by atoms with Crippen molar-refractivity contribution in [3.8, 4) is 11.5 Å². The molecule has 1 aromatic heterocycles. The van der Waals surface area contributed by atoms with E-state index in [2.05, 4.69) is 24.6 Å². The van der Waals surface area contributed by atoms with Crippen LogP contribution in [0.15, 0.2) is 23.1 Å². The van der Waals surface area contributed by atoms with E-state index in [0.29, 0.717) is 42.4 Å². The molecule has 2 aliphatic rings. The van der Waals surface area contributed by atoms with Gasteiger partial charge in [0.15, 0.2) is 17.3 Å². The van der Waals surface area contributed by atoms with Gasteiger partial charge in [0.05, 0.1) is 11.4 Å². The molecule has 2 aliphatic heterocycles. The van der Waals surface area contributed by atoms with E-state index in [1.807, 2.05) is 14.1 Å². The quantitative estimate of drug-likeness (QED) is 0.725. The second-order valence-corrected chi connectivity index (χ2v) is 8.84. The lowest BCUT2D eigenvalue weighted by atomic mass is 10.3. The highest BCUT2D eigenvalue weighted by molar-refractivity contribution is 7.89. The van der Waals surface area contributed by atoms with Crippen molar-refractivity contribution in [3.63, 3.8) is 0 Å². The van der Waals surface area contributed by atoms with Crippen LogP contribution in [-0.2, 0) is 16.6 Å². The lowest BCUT2D eigenvalue weighted by Gasteiger charge is -2.19. The Balaban J connectivity index is 1.54. The first-order valence-electron chi connectivity index (χ1n) is 9.49. The Morgan fingerprint density at radius 3 is 2.52 bits per heavy atom. The van der Waals surface area contributed by atoms with E-state index in [0.717, 1.165) is 25.9 Å². The largest absolute Gasteiger partial charge is 0.486 e. The number of aromatic nitrogens is 3. The first-order valence-corrected chi connectivity index (χ1v) is 11.0. The summed E-state index contributed by atoms with van der Waals surface area (Å²) in [5.74, 6) is 2.40. The zero-order valence-electron chi connectivity index (χ0n) is 16.5. The maximum Gasteiger partial charge on any atom is 0.241 e. The zero-order chi connectivity index (χ0) is 20.4. The summed E-state index contributed by atoms with van der Waals surface area (Å²) >= 11 is 0. The van der Waals surface area contributed by atoms with Gasteiger partial charge in [0.25, 0.3) is 0 Å². The molecule has 0 unspecified atom stereocenters. The highest BCUT2D eigenvalue weighted by Gasteiger charge is 2.21. The number of hydrogen-bond donors (Lipinski definition) is 1. The fourth-order valence-corrected chi connectivity index (χ4v) is 4.16. The van der Waals surface area contributed by atoms with E-state index < -0.39 is 10.0 Å². The second kappa shape index (κ2) is 7.99. The van der Waals surface area contributed by atoms with Crippen LogP contribution in [0, 0.1) is 0 Å². The minimum atomic E-state index is -3.77. The average molecular weight is 420 g/mol. The number of sulfonamides is 1. The molecule has 1 saturated heterocycles. The Morgan fingerprint density at radius 2 is 1.79 bits per heavy atom. The first-order chi connectivity index (χ1) is 13.9. The fraction of sp³-hybridized carbons (Fsp3) is 0.500. The van der Waals surface area contributed by atoms with Crippen LogP contribution in [0.5, 0.6) is 11.5 Å². The number of ether oxygens (including phenoxy) is 2. The minimum absolute atomic E-state index is 0.0407. The summed E-state index contributed by atoms with van der Waals surface area (Å²) in [6.07, 6.45) is 2.18. The SMILES string of the molecule is CN(C)c1nc(CNS(=O)(=O)c2ccc3c(c2)OCCO3)nc(N2CCCC2)n1. The van der Waals surface area contributed by atoms with E-state index in [-0.39, 0.29) is 11.4 Å². The van der Waals surface area contributed by atoms with Gasteiger partial charge in [0.2, 0.25) is 21.9 Å². The summed E-state index contributed by atoms with van der Waals surface area (Å²) in [6.45, 7) is 2.57. The van der Waals surface area contributed by atoms with Crippen LogP contribution in [0.2, 0.25) is 0 Å². The number of rotatable bonds is 6. The van der Waals surface area contributed by atoms with Crippen LogP contribution in [0.25, 0.3) is 0 Å². The van der Waals surface area contributed by atoms with E-state index >= 15 is 0 Å². The van der Waals surface area contributed by atoms with Gasteiger partial charge in [0, 0.05) is 33.3 Å². The third-order valence-electron chi connectivity index (χ3n) is 4.69. The highest BCUT2D eigenvalue weighted by Crippen LogP contribution is 2.32. The number of benzene rings is 1. The van der Waals surface area contributed by atoms with Gasteiger partial charge in [-0.15, -0.1) is 0 Å². The molecular weight excluding hydrogens is 396 g/mol. The number of nitrogens with one attached hydrogen (secondary N) is 1. The number of nitrogens with zero attached hydrogens (tertiary/aromatic N) is 5. The summed E-state index contributed by atoms with van der Waals surface area (Å²) in [4.78, 5) is 17.3. The summed E-state index contributed by atoms with van der Waals surface area (Å²) < 4.78 is 39.0. The van der Waals surface area contributed by atoms with Crippen molar-refractivity contribution in [1.29, 1.82) is 0 Å². The molecule has 10 nitrogen and oxygen atoms in total. The smallest absolute Gasteiger partial charge is 0.241 e. The molecule has 0 saturated carbocycles. The summed E-state index contributed by atoms with van der Waals surface area (Å²) in [5.41, 5.74) is 0. The average Bonchev–Trinajstić information content (AvgIpc) is 3.27. The van der Waals surface area contributed by atoms with Gasteiger partial charge < -0.3 is 19.3 Å². The molecule has 1 N–H and O–H groups in total. The highest BCUT2D eigenvalue weighted by atomic mass is 32.2. The van der Waals surface area contributed by atoms with Crippen LogP contribution in [0.1, 0.15) is 18.7 Å². The third kappa shape index (κ3) is 4.35. The monoisotopic (exact) mass is 420 g/mol. The van der Waals surface area contributed by atoms with Crippen LogP contribution >= 0.6 is 0 Å². The molecule has 0 atom stereocenters. The van der Waals surface area contributed by atoms with Gasteiger partial charge in [0.1, 0.15) is 13.2 Å². The number of hydrogen-bond acceptors (Lipinski definition) is 9. The summed E-state index contributed by atoms with van der Waals surface area (Å²) in [5, 5.41) is 0. The summed E-state index contributed by atoms with van der Waals surface area (Å²) in [6, 6.07) is 4.55. The molecule has 2 aromatic rings. The Bertz CT molecular complexity index is 992. The Kier molecular flexibility index (Phi) is 5.41. The standard InChI is InChI=1S/C18H24N6O4S/c1-23(2)17-20-16(21-18(22-17)24-7-3-4-8-24)12-19-29(25,26)13-5-6-14-15(11-13)28-10-9-27-14/h5-6,11,19H,3-4,7-10,12H2,1-2H3. The van der Waals surface area contributed by atoms with Gasteiger partial charge in [-0.3, -0.25) is 0 Å². The van der Waals surface area contributed by atoms with Crippen molar-refractivity contribution in [2.75, 3.05) is 50.2 Å². The van der Waals surface area contributed by atoms with Gasteiger partial charge in [-0.1, -0.05) is 0 Å². The molecule has 1 fully saturated rings. The van der Waals surface area contributed by atoms with Crippen LogP contribution < -0.4 is 24.0 Å². The van der Waals surface area contributed by atoms with Crippen molar-refractivity contribution < 1.29 is 17.9 Å². The molecule has 156 valence electrons. The first kappa shape index (κ1) is 19.6. The fourth-order valence-electron chi connectivity index (χ4n) is 3.17. The third-order valence-corrected chi connectivity index (χ3v) is 6.09. The molecular formula is C18H24N6O4S.